The van der Waals surface area contributed by atoms with Gasteiger partial charge in [0.15, 0.2) is 0 Å². The van der Waals surface area contributed by atoms with Crippen molar-refractivity contribution in [2.45, 2.75) is 13.5 Å². The minimum absolute atomic E-state index is 0.200. The highest BCUT2D eigenvalue weighted by Crippen LogP contribution is 2.20. The molecule has 0 spiro atoms. The Labute approximate surface area is 139 Å². The third-order valence-electron chi connectivity index (χ3n) is 3.52. The van der Waals surface area contributed by atoms with E-state index in [1.807, 2.05) is 19.1 Å². The predicted molar refractivity (Wildman–Crippen MR) is 91.8 cm³/mol. The minimum Gasteiger partial charge on any atom is -0.351 e. The van der Waals surface area contributed by atoms with Gasteiger partial charge in [0.05, 0.1) is 17.3 Å². The third kappa shape index (κ3) is 3.15. The van der Waals surface area contributed by atoms with Crippen molar-refractivity contribution in [1.29, 1.82) is 5.26 Å². The molecule has 0 fully saturated rings. The second-order valence-corrected chi connectivity index (χ2v) is 5.12. The molecule has 1 N–H and O–H groups in total. The molecule has 0 saturated heterocycles. The van der Waals surface area contributed by atoms with Crippen molar-refractivity contribution in [1.82, 2.24) is 14.8 Å². The van der Waals surface area contributed by atoms with Gasteiger partial charge in [0.25, 0.3) is 5.56 Å². The van der Waals surface area contributed by atoms with Crippen LogP contribution in [0.5, 0.6) is 0 Å². The molecular formula is C18H15N5O. The van der Waals surface area contributed by atoms with Gasteiger partial charge in [0.2, 0.25) is 0 Å². The van der Waals surface area contributed by atoms with E-state index in [0.717, 1.165) is 11.3 Å². The van der Waals surface area contributed by atoms with Crippen LogP contribution in [0, 0.1) is 11.3 Å². The quantitative estimate of drug-likeness (QED) is 0.800. The first-order valence-corrected chi connectivity index (χ1v) is 7.51. The number of hydrogen-bond donors (Lipinski definition) is 1. The Morgan fingerprint density at radius 1 is 1.25 bits per heavy atom. The highest BCUT2D eigenvalue weighted by Gasteiger charge is 2.10. The smallest absolute Gasteiger partial charge is 0.290 e. The summed E-state index contributed by atoms with van der Waals surface area (Å²) in [5, 5.41) is 16.3. The molecule has 0 saturated carbocycles. The summed E-state index contributed by atoms with van der Waals surface area (Å²) in [5.41, 5.74) is 3.03. The van der Waals surface area contributed by atoms with Crippen LogP contribution in [0.2, 0.25) is 0 Å². The average Bonchev–Trinajstić information content (AvgIpc) is 2.64. The molecule has 3 rings (SSSR count). The summed E-state index contributed by atoms with van der Waals surface area (Å²) in [5.74, 6) is 0. The molecule has 2 heterocycles. The molecule has 0 radical (unpaired) electrons. The van der Waals surface area contributed by atoms with Crippen molar-refractivity contribution in [3.05, 3.63) is 70.8 Å². The van der Waals surface area contributed by atoms with E-state index >= 15 is 0 Å². The van der Waals surface area contributed by atoms with E-state index in [0.29, 0.717) is 23.5 Å². The highest BCUT2D eigenvalue weighted by molar-refractivity contribution is 5.66. The van der Waals surface area contributed by atoms with E-state index in [1.165, 1.54) is 4.68 Å². The van der Waals surface area contributed by atoms with Crippen LogP contribution in [0.15, 0.2) is 59.7 Å². The second-order valence-electron chi connectivity index (χ2n) is 5.12. The van der Waals surface area contributed by atoms with Gasteiger partial charge in [0.1, 0.15) is 5.69 Å². The zero-order valence-electron chi connectivity index (χ0n) is 13.1. The Balaban J connectivity index is 2.03. The van der Waals surface area contributed by atoms with E-state index < -0.39 is 0 Å². The monoisotopic (exact) mass is 317 g/mol. The Kier molecular flexibility index (Phi) is 4.34. The lowest BCUT2D eigenvalue weighted by molar-refractivity contribution is 0.621. The maximum absolute atomic E-state index is 12.5. The van der Waals surface area contributed by atoms with Crippen LogP contribution in [0.4, 0.5) is 11.4 Å². The van der Waals surface area contributed by atoms with E-state index in [1.54, 1.807) is 42.7 Å². The van der Waals surface area contributed by atoms with Gasteiger partial charge in [-0.05, 0) is 49.4 Å². The van der Waals surface area contributed by atoms with Crippen molar-refractivity contribution in [2.24, 2.45) is 0 Å². The average molecular weight is 317 g/mol. The van der Waals surface area contributed by atoms with Crippen LogP contribution in [0.1, 0.15) is 12.5 Å². The van der Waals surface area contributed by atoms with E-state index in [9.17, 15) is 4.79 Å². The third-order valence-corrected chi connectivity index (χ3v) is 3.52. The van der Waals surface area contributed by atoms with E-state index in [4.69, 9.17) is 5.26 Å². The molecule has 0 aliphatic carbocycles. The van der Waals surface area contributed by atoms with Gasteiger partial charge in [-0.2, -0.15) is 10.4 Å². The number of hydrogen-bond acceptors (Lipinski definition) is 5. The standard InChI is InChI=1S/C18H15N5O/c1-2-23-18(24)17(21-15-7-5-13(11-19)6-8-15)10-16(22-23)14-4-3-9-20-12-14/h3-10,12,21H,2H2,1H3. The van der Waals surface area contributed by atoms with Crippen molar-refractivity contribution in [3.8, 4) is 17.3 Å². The van der Waals surface area contributed by atoms with Crippen molar-refractivity contribution >= 4 is 11.4 Å². The van der Waals surface area contributed by atoms with Crippen molar-refractivity contribution in [3.63, 3.8) is 0 Å². The van der Waals surface area contributed by atoms with Crippen molar-refractivity contribution < 1.29 is 0 Å². The number of rotatable bonds is 4. The SMILES string of the molecule is CCn1nc(-c2cccnc2)cc(Nc2ccc(C#N)cc2)c1=O. The number of aryl methyl sites for hydroxylation is 1. The summed E-state index contributed by atoms with van der Waals surface area (Å²) in [6.45, 7) is 2.34. The number of anilines is 2. The second kappa shape index (κ2) is 6.75. The van der Waals surface area contributed by atoms with Crippen LogP contribution < -0.4 is 10.9 Å². The Morgan fingerprint density at radius 2 is 2.04 bits per heavy atom. The van der Waals surface area contributed by atoms with Gasteiger partial charge >= 0.3 is 0 Å². The van der Waals surface area contributed by atoms with Crippen LogP contribution in [-0.4, -0.2) is 14.8 Å². The van der Waals surface area contributed by atoms with Gasteiger partial charge in [0, 0.05) is 30.2 Å². The number of benzene rings is 1. The fourth-order valence-corrected chi connectivity index (χ4v) is 2.28. The lowest BCUT2D eigenvalue weighted by atomic mass is 10.2. The van der Waals surface area contributed by atoms with Crippen LogP contribution in [0.25, 0.3) is 11.3 Å². The topological polar surface area (TPSA) is 83.6 Å². The maximum atomic E-state index is 12.5. The summed E-state index contributed by atoms with van der Waals surface area (Å²) < 4.78 is 1.41. The van der Waals surface area contributed by atoms with E-state index in [-0.39, 0.29) is 5.56 Å². The zero-order chi connectivity index (χ0) is 16.9. The largest absolute Gasteiger partial charge is 0.351 e. The molecular weight excluding hydrogens is 302 g/mol. The first kappa shape index (κ1) is 15.4. The van der Waals surface area contributed by atoms with Crippen molar-refractivity contribution in [2.75, 3.05) is 5.32 Å². The van der Waals surface area contributed by atoms with Gasteiger partial charge in [-0.15, -0.1) is 0 Å². The number of nitrogens with zero attached hydrogens (tertiary/aromatic N) is 4. The highest BCUT2D eigenvalue weighted by atomic mass is 16.1. The Morgan fingerprint density at radius 3 is 2.67 bits per heavy atom. The summed E-state index contributed by atoms with van der Waals surface area (Å²) in [7, 11) is 0. The summed E-state index contributed by atoms with van der Waals surface area (Å²) in [6, 6.07) is 14.4. The molecule has 1 aromatic carbocycles. The van der Waals surface area contributed by atoms with Crippen LogP contribution in [0.3, 0.4) is 0 Å². The van der Waals surface area contributed by atoms with Crippen LogP contribution in [-0.2, 0) is 6.54 Å². The predicted octanol–water partition coefficient (Wildman–Crippen LogP) is 2.94. The molecule has 0 aliphatic heterocycles. The molecule has 0 amide bonds. The molecule has 3 aromatic rings. The van der Waals surface area contributed by atoms with Gasteiger partial charge < -0.3 is 5.32 Å². The fraction of sp³-hybridized carbons (Fsp3) is 0.111. The molecule has 2 aromatic heterocycles. The number of aromatic nitrogens is 3. The molecule has 0 unspecified atom stereocenters. The van der Waals surface area contributed by atoms with Gasteiger partial charge in [-0.25, -0.2) is 4.68 Å². The molecule has 0 bridgehead atoms. The molecule has 24 heavy (non-hydrogen) atoms. The van der Waals surface area contributed by atoms with Crippen LogP contribution >= 0.6 is 0 Å². The summed E-state index contributed by atoms with van der Waals surface area (Å²) >= 11 is 0. The lowest BCUT2D eigenvalue weighted by Gasteiger charge is -2.11. The number of nitriles is 1. The molecule has 6 heteroatoms. The lowest BCUT2D eigenvalue weighted by Crippen LogP contribution is -2.24. The summed E-state index contributed by atoms with van der Waals surface area (Å²) in [6.07, 6.45) is 3.40. The first-order valence-electron chi connectivity index (χ1n) is 7.51. The summed E-state index contributed by atoms with van der Waals surface area (Å²) in [4.78, 5) is 16.6. The maximum Gasteiger partial charge on any atom is 0.290 e. The normalized spacial score (nSPS) is 10.2. The zero-order valence-corrected chi connectivity index (χ0v) is 13.1. The minimum atomic E-state index is -0.200. The van der Waals surface area contributed by atoms with Gasteiger partial charge in [-0.1, -0.05) is 0 Å². The molecule has 6 nitrogen and oxygen atoms in total. The van der Waals surface area contributed by atoms with E-state index in [2.05, 4.69) is 21.5 Å². The van der Waals surface area contributed by atoms with Gasteiger partial charge in [-0.3, -0.25) is 9.78 Å². The number of pyridine rings is 1. The molecule has 118 valence electrons. The Hall–Kier alpha value is -3.46. The molecule has 0 aliphatic rings. The molecule has 0 atom stereocenters. The fourth-order valence-electron chi connectivity index (χ4n) is 2.28. The first-order chi connectivity index (χ1) is 11.7. The Bertz CT molecular complexity index is 940. The number of nitrogens with one attached hydrogen (secondary N) is 1.